The number of hydrogen-bond donors (Lipinski definition) is 3. The Bertz CT molecular complexity index is 1030. The third-order valence-corrected chi connectivity index (χ3v) is 6.85. The molecule has 2 heterocycles. The first-order valence-electron chi connectivity index (χ1n) is 12.7. The molecular weight excluding hydrogens is 489 g/mol. The van der Waals surface area contributed by atoms with Crippen LogP contribution in [0.4, 0.5) is 10.3 Å². The largest absolute Gasteiger partial charge is 0.401 e. The van der Waals surface area contributed by atoms with Crippen molar-refractivity contribution < 1.29 is 19.0 Å². The van der Waals surface area contributed by atoms with Gasteiger partial charge in [-0.2, -0.15) is 5.10 Å². The summed E-state index contributed by atoms with van der Waals surface area (Å²) < 4.78 is 25.5. The van der Waals surface area contributed by atoms with Crippen LogP contribution < -0.4 is 11.1 Å². The second kappa shape index (κ2) is 14.1. The molecule has 5 atom stereocenters. The molecule has 2 aromatic rings. The van der Waals surface area contributed by atoms with E-state index >= 15 is 0 Å². The minimum absolute atomic E-state index is 0.00265. The maximum absolute atomic E-state index is 14.4. The number of rotatable bonds is 13. The molecule has 11 heteroatoms. The van der Waals surface area contributed by atoms with Crippen LogP contribution in [0.2, 0.25) is 0 Å². The Morgan fingerprint density at radius 3 is 2.55 bits per heavy atom. The summed E-state index contributed by atoms with van der Waals surface area (Å²) in [6, 6.07) is 7.07. The molecule has 1 aliphatic heterocycles. The average Bonchev–Trinajstić information content (AvgIpc) is 2.93. The minimum atomic E-state index is -0.760. The van der Waals surface area contributed by atoms with Crippen LogP contribution in [0.1, 0.15) is 37.9 Å². The van der Waals surface area contributed by atoms with E-state index in [0.29, 0.717) is 31.0 Å². The first-order chi connectivity index (χ1) is 18.3. The van der Waals surface area contributed by atoms with Gasteiger partial charge in [-0.1, -0.05) is 24.3 Å². The lowest BCUT2D eigenvalue weighted by molar-refractivity contribution is -0.173. The standard InChI is InChI=1S/C27H40FN7O3/c1-18-12-23(13-25(36)38-18)34(4)11-10-22(29)17-35(31-3)24(14-28)26(37-5)20-8-6-19(7-9-20)21-15-32-27(30-2)33-16-21/h6-9,15-18,23-26,36H,3,10-14,29H2,1-2,4-5H3,(H,30,32,33)/b22-17-/t18-,23+,24-,25-,26-/m1/s1. The number of aliphatic hydroxyl groups excluding tert-OH is 1. The number of methoxy groups -OCH3 is 1. The minimum Gasteiger partial charge on any atom is -0.401 e. The number of nitrogens with zero attached hydrogens (tertiary/aromatic N) is 5. The molecule has 1 aliphatic rings. The Labute approximate surface area is 224 Å². The van der Waals surface area contributed by atoms with Crippen molar-refractivity contribution in [1.29, 1.82) is 0 Å². The molecule has 0 saturated carbocycles. The van der Waals surface area contributed by atoms with Crippen LogP contribution in [-0.4, -0.2) is 90.6 Å². The van der Waals surface area contributed by atoms with Gasteiger partial charge in [0.1, 0.15) is 18.8 Å². The number of hydrogen-bond acceptors (Lipinski definition) is 10. The van der Waals surface area contributed by atoms with Crippen molar-refractivity contribution in [1.82, 2.24) is 19.9 Å². The van der Waals surface area contributed by atoms with E-state index in [1.807, 2.05) is 38.2 Å². The van der Waals surface area contributed by atoms with Gasteiger partial charge in [-0.15, -0.1) is 0 Å². The van der Waals surface area contributed by atoms with E-state index in [-0.39, 0.29) is 12.1 Å². The fourth-order valence-corrected chi connectivity index (χ4v) is 4.69. The highest BCUT2D eigenvalue weighted by Crippen LogP contribution is 2.29. The number of ether oxygens (including phenoxy) is 2. The molecule has 0 radical (unpaired) electrons. The maximum atomic E-state index is 14.4. The van der Waals surface area contributed by atoms with E-state index in [4.69, 9.17) is 15.2 Å². The summed E-state index contributed by atoms with van der Waals surface area (Å²) in [5, 5.41) is 18.3. The lowest BCUT2D eigenvalue weighted by atomic mass is 9.99. The summed E-state index contributed by atoms with van der Waals surface area (Å²) in [6.07, 6.45) is 5.67. The number of benzene rings is 1. The Kier molecular flexibility index (Phi) is 11.0. The molecule has 1 aromatic heterocycles. The van der Waals surface area contributed by atoms with Gasteiger partial charge in [0.2, 0.25) is 5.95 Å². The normalized spacial score (nSPS) is 21.7. The molecule has 208 valence electrons. The zero-order chi connectivity index (χ0) is 27.7. The first-order valence-corrected chi connectivity index (χ1v) is 12.7. The number of aliphatic hydroxyl groups is 1. The van der Waals surface area contributed by atoms with Gasteiger partial charge in [-0.3, -0.25) is 5.01 Å². The molecule has 1 saturated heterocycles. The SMILES string of the molecule is C=NN(/C=C(\N)CCN(C)[C@H]1C[C@@H](C)O[C@@H](O)C1)[C@H](CF)[C@H](OC)c1ccc(-c2cnc(NC)nc2)cc1. The third-order valence-electron chi connectivity index (χ3n) is 6.85. The van der Waals surface area contributed by atoms with Gasteiger partial charge in [0, 0.05) is 76.2 Å². The zero-order valence-electron chi connectivity index (χ0n) is 22.6. The van der Waals surface area contributed by atoms with Crippen LogP contribution in [0.15, 0.2) is 53.7 Å². The molecule has 0 amide bonds. The maximum Gasteiger partial charge on any atom is 0.222 e. The third kappa shape index (κ3) is 7.70. The smallest absolute Gasteiger partial charge is 0.222 e. The molecule has 1 fully saturated rings. The van der Waals surface area contributed by atoms with Crippen LogP contribution in [0, 0.1) is 0 Å². The van der Waals surface area contributed by atoms with E-state index in [1.54, 1.807) is 25.6 Å². The van der Waals surface area contributed by atoms with Gasteiger partial charge in [0.25, 0.3) is 0 Å². The Morgan fingerprint density at radius 2 is 2.00 bits per heavy atom. The molecule has 0 aliphatic carbocycles. The number of nitrogens with one attached hydrogen (secondary N) is 1. The predicted octanol–water partition coefficient (Wildman–Crippen LogP) is 3.14. The molecule has 10 nitrogen and oxygen atoms in total. The van der Waals surface area contributed by atoms with E-state index in [9.17, 15) is 9.50 Å². The monoisotopic (exact) mass is 529 g/mol. The van der Waals surface area contributed by atoms with Crippen LogP contribution in [0.3, 0.4) is 0 Å². The van der Waals surface area contributed by atoms with Crippen LogP contribution in [0.25, 0.3) is 11.1 Å². The quantitative estimate of drug-likeness (QED) is 0.265. The van der Waals surface area contributed by atoms with Crippen molar-refractivity contribution in [2.45, 2.75) is 56.8 Å². The van der Waals surface area contributed by atoms with Crippen LogP contribution in [-0.2, 0) is 9.47 Å². The Balaban J connectivity index is 1.67. The molecule has 0 spiro atoms. The Hall–Kier alpha value is -3.12. The predicted molar refractivity (Wildman–Crippen MR) is 147 cm³/mol. The fraction of sp³-hybridized carbons (Fsp3) is 0.519. The van der Waals surface area contributed by atoms with Crippen LogP contribution in [0.5, 0.6) is 0 Å². The molecular formula is C27H40FN7O3. The summed E-state index contributed by atoms with van der Waals surface area (Å²) in [5.74, 6) is 0.545. The fourth-order valence-electron chi connectivity index (χ4n) is 4.69. The zero-order valence-corrected chi connectivity index (χ0v) is 22.6. The van der Waals surface area contributed by atoms with E-state index < -0.39 is 25.1 Å². The van der Waals surface area contributed by atoms with Crippen molar-refractivity contribution in [3.63, 3.8) is 0 Å². The van der Waals surface area contributed by atoms with Crippen molar-refractivity contribution in [2.24, 2.45) is 10.8 Å². The lowest BCUT2D eigenvalue weighted by Crippen LogP contribution is -2.43. The van der Waals surface area contributed by atoms with Gasteiger partial charge in [0.05, 0.1) is 6.10 Å². The summed E-state index contributed by atoms with van der Waals surface area (Å²) >= 11 is 0. The van der Waals surface area contributed by atoms with E-state index in [2.05, 4.69) is 32.0 Å². The summed E-state index contributed by atoms with van der Waals surface area (Å²) in [5.41, 5.74) is 9.44. The molecule has 38 heavy (non-hydrogen) atoms. The highest BCUT2D eigenvalue weighted by molar-refractivity contribution is 5.62. The Morgan fingerprint density at radius 1 is 1.32 bits per heavy atom. The van der Waals surface area contributed by atoms with Crippen molar-refractivity contribution in [3.8, 4) is 11.1 Å². The van der Waals surface area contributed by atoms with Crippen LogP contribution >= 0.6 is 0 Å². The highest BCUT2D eigenvalue weighted by atomic mass is 19.1. The van der Waals surface area contributed by atoms with Gasteiger partial charge >= 0.3 is 0 Å². The average molecular weight is 530 g/mol. The van der Waals surface area contributed by atoms with Gasteiger partial charge in [-0.05, 0) is 31.5 Å². The van der Waals surface area contributed by atoms with Crippen molar-refractivity contribution in [2.75, 3.05) is 39.7 Å². The molecule has 1 aromatic carbocycles. The van der Waals surface area contributed by atoms with Gasteiger partial charge < -0.3 is 30.5 Å². The number of nitrogens with two attached hydrogens (primary N) is 1. The summed E-state index contributed by atoms with van der Waals surface area (Å²) in [7, 11) is 5.30. The number of alkyl halides is 1. The van der Waals surface area contributed by atoms with Crippen molar-refractivity contribution in [3.05, 3.63) is 54.1 Å². The van der Waals surface area contributed by atoms with E-state index in [1.165, 1.54) is 12.1 Å². The molecule has 3 rings (SSSR count). The molecule has 4 N–H and O–H groups in total. The number of anilines is 1. The second-order valence-corrected chi connectivity index (χ2v) is 9.53. The number of aromatic nitrogens is 2. The lowest BCUT2D eigenvalue weighted by Gasteiger charge is -2.36. The summed E-state index contributed by atoms with van der Waals surface area (Å²) in [4.78, 5) is 10.7. The number of halogens is 1. The van der Waals surface area contributed by atoms with Gasteiger partial charge in [0.15, 0.2) is 6.29 Å². The highest BCUT2D eigenvalue weighted by Gasteiger charge is 2.29. The summed E-state index contributed by atoms with van der Waals surface area (Å²) in [6.45, 7) is 5.54. The number of hydrazone groups is 1. The first kappa shape index (κ1) is 29.4. The van der Waals surface area contributed by atoms with Gasteiger partial charge in [-0.25, -0.2) is 14.4 Å². The molecule has 0 unspecified atom stereocenters. The van der Waals surface area contributed by atoms with Crippen molar-refractivity contribution >= 4 is 12.7 Å². The topological polar surface area (TPSA) is 121 Å². The second-order valence-electron chi connectivity index (χ2n) is 9.53. The molecule has 0 bridgehead atoms. The van der Waals surface area contributed by atoms with E-state index in [0.717, 1.165) is 23.1 Å².